The Kier molecular flexibility index (Phi) is 5.84. The van der Waals surface area contributed by atoms with E-state index in [0.717, 1.165) is 19.6 Å². The molecule has 0 radical (unpaired) electrons. The van der Waals surface area contributed by atoms with Crippen LogP contribution in [0.15, 0.2) is 17.0 Å². The van der Waals surface area contributed by atoms with Gasteiger partial charge in [-0.2, -0.15) is 0 Å². The summed E-state index contributed by atoms with van der Waals surface area (Å²) in [5.41, 5.74) is 0.920. The number of hydrogen-bond donors (Lipinski definition) is 2. The van der Waals surface area contributed by atoms with Gasteiger partial charge in [0.25, 0.3) is 5.91 Å². The van der Waals surface area contributed by atoms with Gasteiger partial charge in [-0.05, 0) is 37.7 Å². The lowest BCUT2D eigenvalue weighted by Crippen LogP contribution is -2.35. The first-order valence-electron chi connectivity index (χ1n) is 8.13. The summed E-state index contributed by atoms with van der Waals surface area (Å²) in [5.74, 6) is 0.105. The number of primary sulfonamides is 1. The van der Waals surface area contributed by atoms with Crippen molar-refractivity contribution in [3.63, 3.8) is 0 Å². The quantitative estimate of drug-likeness (QED) is 0.751. The fraction of sp³-hybridized carbons (Fsp3) is 0.562. The summed E-state index contributed by atoms with van der Waals surface area (Å²) < 4.78 is 29.0. The minimum atomic E-state index is -3.88. The third-order valence-corrected chi connectivity index (χ3v) is 5.04. The normalized spacial score (nSPS) is 16.8. The number of carbonyl (C=O) groups excluding carboxylic acids is 1. The van der Waals surface area contributed by atoms with Gasteiger partial charge in [0.15, 0.2) is 0 Å². The number of ether oxygens (including phenoxy) is 1. The lowest BCUT2D eigenvalue weighted by Gasteiger charge is -2.18. The van der Waals surface area contributed by atoms with E-state index < -0.39 is 10.0 Å². The predicted molar refractivity (Wildman–Crippen MR) is 91.7 cm³/mol. The molecule has 2 rings (SSSR count). The van der Waals surface area contributed by atoms with Crippen LogP contribution in [0.3, 0.4) is 0 Å². The molecule has 0 saturated carbocycles. The van der Waals surface area contributed by atoms with Gasteiger partial charge in [0.1, 0.15) is 11.9 Å². The maximum atomic E-state index is 12.5. The van der Waals surface area contributed by atoms with Crippen LogP contribution in [0.25, 0.3) is 0 Å². The number of amides is 1. The molecule has 0 saturated heterocycles. The molecule has 0 bridgehead atoms. The third kappa shape index (κ3) is 4.25. The summed E-state index contributed by atoms with van der Waals surface area (Å²) in [5, 5.41) is 8.05. The predicted octanol–water partition coefficient (Wildman–Crippen LogP) is 0.729. The van der Waals surface area contributed by atoms with Crippen LogP contribution < -0.4 is 15.2 Å². The average molecular weight is 355 g/mol. The minimum absolute atomic E-state index is 0.0622. The highest BCUT2D eigenvalue weighted by atomic mass is 32.2. The number of nitrogens with zero attached hydrogens (tertiary/aromatic N) is 1. The molecule has 0 aliphatic carbocycles. The molecule has 1 aromatic rings. The highest BCUT2D eigenvalue weighted by Crippen LogP contribution is 2.34. The number of sulfonamides is 1. The van der Waals surface area contributed by atoms with Crippen LogP contribution in [0.4, 0.5) is 0 Å². The molecular weight excluding hydrogens is 330 g/mol. The summed E-state index contributed by atoms with van der Waals surface area (Å²) in [6.45, 7) is 9.01. The van der Waals surface area contributed by atoms with Gasteiger partial charge in [-0.15, -0.1) is 0 Å². The molecule has 7 nitrogen and oxygen atoms in total. The zero-order valence-corrected chi connectivity index (χ0v) is 15.1. The monoisotopic (exact) mass is 355 g/mol. The number of rotatable bonds is 7. The fourth-order valence-corrected chi connectivity index (χ4v) is 3.39. The van der Waals surface area contributed by atoms with Gasteiger partial charge >= 0.3 is 0 Å². The molecule has 0 fully saturated rings. The van der Waals surface area contributed by atoms with E-state index in [0.29, 0.717) is 24.3 Å². The first-order valence-corrected chi connectivity index (χ1v) is 9.67. The number of carbonyl (C=O) groups is 1. The second kappa shape index (κ2) is 7.50. The minimum Gasteiger partial charge on any atom is -0.489 e. The van der Waals surface area contributed by atoms with Gasteiger partial charge in [-0.3, -0.25) is 4.79 Å². The van der Waals surface area contributed by atoms with Crippen molar-refractivity contribution >= 4 is 15.9 Å². The average Bonchev–Trinajstić information content (AvgIpc) is 2.89. The molecule has 24 heavy (non-hydrogen) atoms. The third-order valence-electron chi connectivity index (χ3n) is 4.15. The molecule has 1 atom stereocenters. The second-order valence-corrected chi connectivity index (χ2v) is 7.48. The van der Waals surface area contributed by atoms with Crippen molar-refractivity contribution in [2.45, 2.75) is 38.2 Å². The van der Waals surface area contributed by atoms with Crippen molar-refractivity contribution < 1.29 is 17.9 Å². The van der Waals surface area contributed by atoms with Crippen LogP contribution in [-0.4, -0.2) is 51.5 Å². The molecule has 1 aromatic carbocycles. The Bertz CT molecular complexity index is 714. The van der Waals surface area contributed by atoms with Crippen LogP contribution in [0, 0.1) is 0 Å². The van der Waals surface area contributed by atoms with Crippen LogP contribution in [-0.2, 0) is 16.4 Å². The van der Waals surface area contributed by atoms with E-state index in [1.54, 1.807) is 0 Å². The van der Waals surface area contributed by atoms with E-state index in [9.17, 15) is 13.2 Å². The largest absolute Gasteiger partial charge is 0.489 e. The van der Waals surface area contributed by atoms with Gasteiger partial charge in [0.2, 0.25) is 10.0 Å². The van der Waals surface area contributed by atoms with Crippen molar-refractivity contribution in [3.05, 3.63) is 23.3 Å². The van der Waals surface area contributed by atoms with E-state index in [4.69, 9.17) is 9.88 Å². The molecule has 0 spiro atoms. The molecule has 1 amide bonds. The molecule has 1 aliphatic heterocycles. The number of hydrogen-bond acceptors (Lipinski definition) is 5. The SMILES string of the molecule is CCN(CC)CCNC(=O)c1cc(S(N)(=O)=O)cc2c1OC(C)C2. The Balaban J connectivity index is 2.22. The molecule has 0 aromatic heterocycles. The van der Waals surface area contributed by atoms with E-state index in [2.05, 4.69) is 24.1 Å². The fourth-order valence-electron chi connectivity index (χ4n) is 2.80. The van der Waals surface area contributed by atoms with Gasteiger partial charge in [-0.1, -0.05) is 13.8 Å². The topological polar surface area (TPSA) is 102 Å². The number of likely N-dealkylation sites (N-methyl/N-ethyl adjacent to an activating group) is 1. The summed E-state index contributed by atoms with van der Waals surface area (Å²) >= 11 is 0. The van der Waals surface area contributed by atoms with Crippen LogP contribution in [0.2, 0.25) is 0 Å². The molecule has 1 heterocycles. The maximum absolute atomic E-state index is 12.5. The molecule has 1 aliphatic rings. The Labute approximate surface area is 143 Å². The zero-order valence-electron chi connectivity index (χ0n) is 14.3. The standard InChI is InChI=1S/C16H25N3O4S/c1-4-19(5-2)7-6-18-16(20)14-10-13(24(17,21)22)9-12-8-11(3)23-15(12)14/h9-11H,4-8H2,1-3H3,(H,18,20)(H2,17,21,22). The van der Waals surface area contributed by atoms with Gasteiger partial charge < -0.3 is 15.0 Å². The molecular formula is C16H25N3O4S. The lowest BCUT2D eigenvalue weighted by molar-refractivity contribution is 0.0944. The van der Waals surface area contributed by atoms with Gasteiger partial charge in [0.05, 0.1) is 10.5 Å². The van der Waals surface area contributed by atoms with Crippen molar-refractivity contribution in [1.29, 1.82) is 0 Å². The van der Waals surface area contributed by atoms with E-state index in [1.165, 1.54) is 12.1 Å². The zero-order chi connectivity index (χ0) is 17.9. The number of fused-ring (bicyclic) bond motifs is 1. The van der Waals surface area contributed by atoms with Crippen molar-refractivity contribution in [3.8, 4) is 5.75 Å². The first-order chi connectivity index (χ1) is 11.3. The summed E-state index contributed by atoms with van der Waals surface area (Å²) in [7, 11) is -3.88. The summed E-state index contributed by atoms with van der Waals surface area (Å²) in [6.07, 6.45) is 0.455. The van der Waals surface area contributed by atoms with Crippen molar-refractivity contribution in [2.75, 3.05) is 26.2 Å². The number of nitrogens with one attached hydrogen (secondary N) is 1. The summed E-state index contributed by atoms with van der Waals surface area (Å²) in [6, 6.07) is 2.78. The molecule has 1 unspecified atom stereocenters. The smallest absolute Gasteiger partial charge is 0.255 e. The Morgan fingerprint density at radius 1 is 1.38 bits per heavy atom. The van der Waals surface area contributed by atoms with Crippen LogP contribution in [0.5, 0.6) is 5.75 Å². The first kappa shape index (κ1) is 18.7. The molecule has 3 N–H and O–H groups in total. The Hall–Kier alpha value is -1.64. The molecule has 134 valence electrons. The number of benzene rings is 1. The molecule has 8 heteroatoms. The van der Waals surface area contributed by atoms with Gasteiger partial charge in [0, 0.05) is 19.5 Å². The van der Waals surface area contributed by atoms with E-state index >= 15 is 0 Å². The Morgan fingerprint density at radius 2 is 2.04 bits per heavy atom. The van der Waals surface area contributed by atoms with Crippen LogP contribution >= 0.6 is 0 Å². The summed E-state index contributed by atoms with van der Waals surface area (Å²) in [4.78, 5) is 14.6. The second-order valence-electron chi connectivity index (χ2n) is 5.92. The van der Waals surface area contributed by atoms with Gasteiger partial charge in [-0.25, -0.2) is 13.6 Å². The van der Waals surface area contributed by atoms with E-state index in [1.807, 2.05) is 6.92 Å². The van der Waals surface area contributed by atoms with Crippen LogP contribution in [0.1, 0.15) is 36.7 Å². The maximum Gasteiger partial charge on any atom is 0.255 e. The highest BCUT2D eigenvalue weighted by Gasteiger charge is 2.28. The Morgan fingerprint density at radius 3 is 2.62 bits per heavy atom. The number of nitrogens with two attached hydrogens (primary N) is 1. The van der Waals surface area contributed by atoms with Crippen molar-refractivity contribution in [1.82, 2.24) is 10.2 Å². The van der Waals surface area contributed by atoms with Crippen molar-refractivity contribution in [2.24, 2.45) is 5.14 Å². The lowest BCUT2D eigenvalue weighted by atomic mass is 10.1. The highest BCUT2D eigenvalue weighted by molar-refractivity contribution is 7.89. The van der Waals surface area contributed by atoms with E-state index in [-0.39, 0.29) is 22.5 Å².